The number of nitrogens with zero attached hydrogens (tertiary/aromatic N) is 1. The molecule has 0 atom stereocenters. The predicted molar refractivity (Wildman–Crippen MR) is 93.4 cm³/mol. The zero-order valence-corrected chi connectivity index (χ0v) is 14.4. The number of fused-ring (bicyclic) bond motifs is 1. The van der Waals surface area contributed by atoms with Gasteiger partial charge in [0.05, 0.1) is 19.6 Å². The minimum absolute atomic E-state index is 0.715. The summed E-state index contributed by atoms with van der Waals surface area (Å²) in [5.41, 5.74) is 3.32. The molecule has 1 aromatic heterocycles. The van der Waals surface area contributed by atoms with Crippen LogP contribution in [0, 0.1) is 6.92 Å². The Hall–Kier alpha value is -2.26. The molecule has 0 aliphatic carbocycles. The Kier molecular flexibility index (Phi) is 4.14. The van der Waals surface area contributed by atoms with E-state index in [0.29, 0.717) is 5.75 Å². The van der Waals surface area contributed by atoms with Crippen molar-refractivity contribution in [2.45, 2.75) is 6.92 Å². The highest BCUT2D eigenvalue weighted by Crippen LogP contribution is 2.36. The van der Waals surface area contributed by atoms with E-state index in [9.17, 15) is 0 Å². The van der Waals surface area contributed by atoms with Crippen LogP contribution in [0.15, 0.2) is 42.5 Å². The average molecular weight is 329 g/mol. The summed E-state index contributed by atoms with van der Waals surface area (Å²) in [6.07, 6.45) is 0. The molecular formula is C19H19ClNO2+. The second-order valence-corrected chi connectivity index (χ2v) is 5.93. The molecule has 4 heteroatoms. The van der Waals surface area contributed by atoms with Gasteiger partial charge in [0.2, 0.25) is 5.69 Å². The van der Waals surface area contributed by atoms with Crippen LogP contribution in [0.3, 0.4) is 0 Å². The van der Waals surface area contributed by atoms with Crippen molar-refractivity contribution < 1.29 is 14.0 Å². The summed E-state index contributed by atoms with van der Waals surface area (Å²) in [7, 11) is 5.36. The van der Waals surface area contributed by atoms with Crippen LogP contribution in [0.4, 0.5) is 0 Å². The molecule has 0 bridgehead atoms. The number of hydrogen-bond donors (Lipinski definition) is 0. The molecule has 0 amide bonds. The highest BCUT2D eigenvalue weighted by molar-refractivity contribution is 6.30. The maximum atomic E-state index is 6.19. The first kappa shape index (κ1) is 15.6. The highest BCUT2D eigenvalue weighted by atomic mass is 35.5. The minimum Gasteiger partial charge on any atom is -0.493 e. The van der Waals surface area contributed by atoms with Gasteiger partial charge in [-0.15, -0.1) is 0 Å². The number of aryl methyl sites for hydroxylation is 1. The molecule has 0 saturated carbocycles. The van der Waals surface area contributed by atoms with Crippen LogP contribution in [0.25, 0.3) is 22.0 Å². The molecule has 0 spiro atoms. The van der Waals surface area contributed by atoms with Gasteiger partial charge in [0.25, 0.3) is 0 Å². The summed E-state index contributed by atoms with van der Waals surface area (Å²) < 4.78 is 13.1. The van der Waals surface area contributed by atoms with Gasteiger partial charge in [0, 0.05) is 23.6 Å². The lowest BCUT2D eigenvalue weighted by Crippen LogP contribution is -2.34. The van der Waals surface area contributed by atoms with Crippen molar-refractivity contribution in [3.05, 3.63) is 53.2 Å². The number of hydrogen-bond acceptors (Lipinski definition) is 2. The van der Waals surface area contributed by atoms with Crippen LogP contribution >= 0.6 is 11.6 Å². The Balaban J connectivity index is 2.41. The summed E-state index contributed by atoms with van der Waals surface area (Å²) in [6, 6.07) is 14.1. The standard InChI is InChI=1S/C19H19ClNO2/c1-12-8-14-10-17(22-3)18(23-4)11-16(14)19(21(12)2)13-6-5-7-15(20)9-13/h5-11H,1-4H3/q+1. The van der Waals surface area contributed by atoms with E-state index in [4.69, 9.17) is 21.1 Å². The molecule has 2 aromatic carbocycles. The Morgan fingerprint density at radius 3 is 2.30 bits per heavy atom. The molecule has 0 fully saturated rings. The van der Waals surface area contributed by atoms with Crippen molar-refractivity contribution in [2.75, 3.05) is 14.2 Å². The fourth-order valence-electron chi connectivity index (χ4n) is 2.88. The van der Waals surface area contributed by atoms with Crippen LogP contribution in [0.5, 0.6) is 11.5 Å². The van der Waals surface area contributed by atoms with Crippen LogP contribution in [0.2, 0.25) is 5.02 Å². The first-order chi connectivity index (χ1) is 11.0. The molecular weight excluding hydrogens is 310 g/mol. The van der Waals surface area contributed by atoms with Crippen molar-refractivity contribution >= 4 is 22.4 Å². The van der Waals surface area contributed by atoms with Gasteiger partial charge in [0.1, 0.15) is 7.05 Å². The Morgan fingerprint density at radius 2 is 1.65 bits per heavy atom. The fraction of sp³-hybridized carbons (Fsp3) is 0.211. The molecule has 0 aliphatic heterocycles. The fourth-order valence-corrected chi connectivity index (χ4v) is 3.07. The van der Waals surface area contributed by atoms with Gasteiger partial charge in [-0.1, -0.05) is 17.7 Å². The number of halogens is 1. The van der Waals surface area contributed by atoms with E-state index in [2.05, 4.69) is 30.7 Å². The molecule has 0 saturated heterocycles. The third kappa shape index (κ3) is 2.73. The van der Waals surface area contributed by atoms with Crippen LogP contribution in [-0.2, 0) is 7.05 Å². The molecule has 0 unspecified atom stereocenters. The first-order valence-corrected chi connectivity index (χ1v) is 7.74. The molecule has 3 rings (SSSR count). The molecule has 1 heterocycles. The van der Waals surface area contributed by atoms with Crippen LogP contribution in [0.1, 0.15) is 5.69 Å². The zero-order valence-electron chi connectivity index (χ0n) is 13.7. The number of pyridine rings is 1. The molecule has 3 nitrogen and oxygen atoms in total. The summed E-state index contributed by atoms with van der Waals surface area (Å²) in [4.78, 5) is 0. The van der Waals surface area contributed by atoms with E-state index >= 15 is 0 Å². The van der Waals surface area contributed by atoms with E-state index < -0.39 is 0 Å². The zero-order chi connectivity index (χ0) is 16.6. The third-order valence-corrected chi connectivity index (χ3v) is 4.37. The van der Waals surface area contributed by atoms with Gasteiger partial charge >= 0.3 is 0 Å². The number of rotatable bonds is 3. The number of benzene rings is 2. The molecule has 0 aliphatic rings. The normalized spacial score (nSPS) is 10.8. The SMILES string of the molecule is COc1cc2cc(C)[n+](C)c(-c3cccc(Cl)c3)c2cc1OC. The van der Waals surface area contributed by atoms with E-state index in [1.165, 1.54) is 0 Å². The van der Waals surface area contributed by atoms with Crippen LogP contribution in [-0.4, -0.2) is 14.2 Å². The predicted octanol–water partition coefficient (Wildman–Crippen LogP) is 4.31. The van der Waals surface area contributed by atoms with Crippen molar-refractivity contribution in [1.29, 1.82) is 0 Å². The molecule has 23 heavy (non-hydrogen) atoms. The molecule has 0 radical (unpaired) electrons. The van der Waals surface area contributed by atoms with Crippen molar-refractivity contribution in [1.82, 2.24) is 0 Å². The van der Waals surface area contributed by atoms with Gasteiger partial charge in [-0.25, -0.2) is 0 Å². The third-order valence-electron chi connectivity index (χ3n) is 4.14. The van der Waals surface area contributed by atoms with Gasteiger partial charge in [-0.05, 0) is 35.7 Å². The number of aromatic nitrogens is 1. The largest absolute Gasteiger partial charge is 0.493 e. The van der Waals surface area contributed by atoms with Gasteiger partial charge in [-0.3, -0.25) is 0 Å². The van der Waals surface area contributed by atoms with E-state index in [0.717, 1.165) is 38.5 Å². The number of ether oxygens (including phenoxy) is 2. The molecule has 118 valence electrons. The topological polar surface area (TPSA) is 22.3 Å². The van der Waals surface area contributed by atoms with Crippen molar-refractivity contribution in [2.24, 2.45) is 7.05 Å². The average Bonchev–Trinajstić information content (AvgIpc) is 2.55. The lowest BCUT2D eigenvalue weighted by Gasteiger charge is -2.12. The number of methoxy groups -OCH3 is 2. The summed E-state index contributed by atoms with van der Waals surface area (Å²) in [6.45, 7) is 2.09. The minimum atomic E-state index is 0.715. The quantitative estimate of drug-likeness (QED) is 0.668. The van der Waals surface area contributed by atoms with E-state index in [1.54, 1.807) is 14.2 Å². The summed E-state index contributed by atoms with van der Waals surface area (Å²) in [5.74, 6) is 1.44. The van der Waals surface area contributed by atoms with E-state index in [1.807, 2.05) is 30.3 Å². The van der Waals surface area contributed by atoms with Crippen LogP contribution < -0.4 is 14.0 Å². The lowest BCUT2D eigenvalue weighted by molar-refractivity contribution is -0.665. The van der Waals surface area contributed by atoms with Gasteiger partial charge < -0.3 is 9.47 Å². The first-order valence-electron chi connectivity index (χ1n) is 7.36. The molecule has 3 aromatic rings. The second-order valence-electron chi connectivity index (χ2n) is 5.50. The Bertz CT molecular complexity index is 890. The molecule has 0 N–H and O–H groups in total. The smallest absolute Gasteiger partial charge is 0.220 e. The van der Waals surface area contributed by atoms with Crippen molar-refractivity contribution in [3.63, 3.8) is 0 Å². The van der Waals surface area contributed by atoms with Crippen molar-refractivity contribution in [3.8, 4) is 22.8 Å². The maximum absolute atomic E-state index is 6.19. The van der Waals surface area contributed by atoms with E-state index in [-0.39, 0.29) is 0 Å². The highest BCUT2D eigenvalue weighted by Gasteiger charge is 2.20. The Labute approximate surface area is 141 Å². The lowest BCUT2D eigenvalue weighted by atomic mass is 10.0. The summed E-state index contributed by atoms with van der Waals surface area (Å²) in [5, 5.41) is 2.92. The van der Waals surface area contributed by atoms with Gasteiger partial charge in [0.15, 0.2) is 17.2 Å². The monoisotopic (exact) mass is 328 g/mol. The van der Waals surface area contributed by atoms with Gasteiger partial charge in [-0.2, -0.15) is 4.57 Å². The Morgan fingerprint density at radius 1 is 0.957 bits per heavy atom. The summed E-state index contributed by atoms with van der Waals surface area (Å²) >= 11 is 6.19. The maximum Gasteiger partial charge on any atom is 0.220 e. The second kappa shape index (κ2) is 6.09.